The molecule has 0 aliphatic heterocycles. The summed E-state index contributed by atoms with van der Waals surface area (Å²) in [5.41, 5.74) is 0.127. The van der Waals surface area contributed by atoms with Crippen molar-refractivity contribution in [2.75, 3.05) is 13.2 Å². The van der Waals surface area contributed by atoms with Crippen molar-refractivity contribution in [3.05, 3.63) is 0 Å². The van der Waals surface area contributed by atoms with E-state index in [1.807, 2.05) is 13.8 Å². The first-order chi connectivity index (χ1) is 6.64. The molecule has 1 aliphatic rings. The summed E-state index contributed by atoms with van der Waals surface area (Å²) in [6.45, 7) is 6.82. The monoisotopic (exact) mass is 220 g/mol. The van der Waals surface area contributed by atoms with Crippen LogP contribution in [0.1, 0.15) is 40.0 Å². The number of rotatable bonds is 5. The molecule has 3 nitrogen and oxygen atoms in total. The molecule has 4 heteroatoms. The van der Waals surface area contributed by atoms with Gasteiger partial charge in [-0.15, -0.1) is 0 Å². The lowest BCUT2D eigenvalue weighted by atomic mass is 10.1. The van der Waals surface area contributed by atoms with Gasteiger partial charge in [0, 0.05) is 0 Å². The minimum absolute atomic E-state index is 0.127. The Labute approximate surface area is 86.7 Å². The lowest BCUT2D eigenvalue weighted by molar-refractivity contribution is 0.207. The summed E-state index contributed by atoms with van der Waals surface area (Å²) in [5, 5.41) is 0. The fourth-order valence-electron chi connectivity index (χ4n) is 2.18. The third kappa shape index (κ3) is 2.59. The topological polar surface area (TPSA) is 35.5 Å². The molecule has 0 spiro atoms. The third-order valence-electron chi connectivity index (χ3n) is 2.84. The van der Waals surface area contributed by atoms with Gasteiger partial charge in [-0.3, -0.25) is 4.57 Å². The van der Waals surface area contributed by atoms with Gasteiger partial charge in [0.25, 0.3) is 0 Å². The summed E-state index contributed by atoms with van der Waals surface area (Å²) in [7, 11) is -2.82. The van der Waals surface area contributed by atoms with Crippen molar-refractivity contribution < 1.29 is 13.6 Å². The summed E-state index contributed by atoms with van der Waals surface area (Å²) in [6, 6.07) is 0. The van der Waals surface area contributed by atoms with Gasteiger partial charge in [0.2, 0.25) is 0 Å². The van der Waals surface area contributed by atoms with Crippen LogP contribution in [0.3, 0.4) is 0 Å². The van der Waals surface area contributed by atoms with Crippen molar-refractivity contribution in [2.24, 2.45) is 5.92 Å². The molecule has 2 atom stereocenters. The quantitative estimate of drug-likeness (QED) is 0.666. The molecule has 0 heterocycles. The highest BCUT2D eigenvalue weighted by molar-refractivity contribution is 7.54. The van der Waals surface area contributed by atoms with Crippen LogP contribution in [0, 0.1) is 5.92 Å². The number of hydrogen-bond donors (Lipinski definition) is 0. The predicted octanol–water partition coefficient (Wildman–Crippen LogP) is 3.44. The van der Waals surface area contributed by atoms with Crippen LogP contribution in [-0.2, 0) is 13.6 Å². The smallest absolute Gasteiger partial charge is 0.309 e. The lowest BCUT2D eigenvalue weighted by Gasteiger charge is -2.25. The largest absolute Gasteiger partial charge is 0.333 e. The molecule has 0 amide bonds. The van der Waals surface area contributed by atoms with Gasteiger partial charge in [0.15, 0.2) is 0 Å². The summed E-state index contributed by atoms with van der Waals surface area (Å²) in [4.78, 5) is 0. The Morgan fingerprint density at radius 3 is 2.14 bits per heavy atom. The van der Waals surface area contributed by atoms with Crippen LogP contribution >= 0.6 is 7.60 Å². The van der Waals surface area contributed by atoms with E-state index in [-0.39, 0.29) is 5.66 Å². The molecule has 0 aromatic rings. The maximum absolute atomic E-state index is 12.4. The second kappa shape index (κ2) is 5.29. The second-order valence-corrected chi connectivity index (χ2v) is 6.11. The molecule has 1 saturated carbocycles. The molecule has 1 aliphatic carbocycles. The maximum Gasteiger partial charge on any atom is 0.333 e. The molecular formula is C10H21O3P. The summed E-state index contributed by atoms with van der Waals surface area (Å²) < 4.78 is 23.1. The Bertz CT molecular complexity index is 207. The first-order valence-corrected chi connectivity index (χ1v) is 7.14. The highest BCUT2D eigenvalue weighted by atomic mass is 31.2. The van der Waals surface area contributed by atoms with Gasteiger partial charge in [-0.2, -0.15) is 0 Å². The molecular weight excluding hydrogens is 199 g/mol. The fourth-order valence-corrected chi connectivity index (χ4v) is 4.63. The summed E-state index contributed by atoms with van der Waals surface area (Å²) >= 11 is 0. The molecule has 0 aromatic carbocycles. The Hall–Kier alpha value is 0.150. The molecule has 0 N–H and O–H groups in total. The normalized spacial score (nSPS) is 28.2. The van der Waals surface area contributed by atoms with Crippen molar-refractivity contribution in [2.45, 2.75) is 45.7 Å². The van der Waals surface area contributed by atoms with E-state index >= 15 is 0 Å². The van der Waals surface area contributed by atoms with E-state index in [2.05, 4.69) is 6.92 Å². The van der Waals surface area contributed by atoms with Crippen LogP contribution in [0.25, 0.3) is 0 Å². The van der Waals surface area contributed by atoms with E-state index < -0.39 is 7.60 Å². The maximum atomic E-state index is 12.4. The van der Waals surface area contributed by atoms with Crippen LogP contribution in [-0.4, -0.2) is 18.9 Å². The summed E-state index contributed by atoms with van der Waals surface area (Å²) in [5.74, 6) is 0.471. The van der Waals surface area contributed by atoms with Crippen LogP contribution in [0.15, 0.2) is 0 Å². The molecule has 1 fully saturated rings. The molecule has 0 aromatic heterocycles. The lowest BCUT2D eigenvalue weighted by Crippen LogP contribution is -2.15. The molecule has 0 saturated heterocycles. The Balaban J connectivity index is 2.70. The van der Waals surface area contributed by atoms with Crippen molar-refractivity contribution >= 4 is 7.60 Å². The van der Waals surface area contributed by atoms with Gasteiger partial charge < -0.3 is 9.05 Å². The third-order valence-corrected chi connectivity index (χ3v) is 5.66. The zero-order chi connectivity index (χ0) is 10.6. The Kier molecular flexibility index (Phi) is 4.62. The van der Waals surface area contributed by atoms with E-state index in [0.29, 0.717) is 19.1 Å². The predicted molar refractivity (Wildman–Crippen MR) is 57.7 cm³/mol. The van der Waals surface area contributed by atoms with Gasteiger partial charge in [-0.25, -0.2) is 0 Å². The highest BCUT2D eigenvalue weighted by Crippen LogP contribution is 2.59. The van der Waals surface area contributed by atoms with Crippen LogP contribution in [0.2, 0.25) is 0 Å². The highest BCUT2D eigenvalue weighted by Gasteiger charge is 2.41. The van der Waals surface area contributed by atoms with Gasteiger partial charge in [-0.05, 0) is 32.6 Å². The molecule has 0 bridgehead atoms. The first-order valence-electron chi connectivity index (χ1n) is 5.52. The fraction of sp³-hybridized carbons (Fsp3) is 1.00. The first kappa shape index (κ1) is 12.2. The average molecular weight is 220 g/mol. The van der Waals surface area contributed by atoms with E-state index in [1.54, 1.807) is 0 Å². The number of hydrogen-bond acceptors (Lipinski definition) is 3. The molecule has 84 valence electrons. The molecule has 0 radical (unpaired) electrons. The van der Waals surface area contributed by atoms with E-state index in [4.69, 9.17) is 9.05 Å². The minimum Gasteiger partial charge on any atom is -0.309 e. The van der Waals surface area contributed by atoms with Gasteiger partial charge in [-0.1, -0.05) is 13.3 Å². The molecule has 0 unspecified atom stereocenters. The zero-order valence-electron chi connectivity index (χ0n) is 9.36. The second-order valence-electron chi connectivity index (χ2n) is 3.85. The van der Waals surface area contributed by atoms with E-state index in [1.165, 1.54) is 0 Å². The minimum atomic E-state index is -2.82. The van der Waals surface area contributed by atoms with E-state index in [0.717, 1.165) is 19.3 Å². The van der Waals surface area contributed by atoms with Gasteiger partial charge in [0.05, 0.1) is 18.9 Å². The molecule has 14 heavy (non-hydrogen) atoms. The SMILES string of the molecule is CCOP(=O)(OCC)[C@@H]1CCC[C@H]1C. The summed E-state index contributed by atoms with van der Waals surface area (Å²) in [6.07, 6.45) is 3.28. The van der Waals surface area contributed by atoms with Crippen LogP contribution < -0.4 is 0 Å². The molecule has 1 rings (SSSR count). The van der Waals surface area contributed by atoms with Crippen LogP contribution in [0.5, 0.6) is 0 Å². The van der Waals surface area contributed by atoms with Gasteiger partial charge in [0.1, 0.15) is 0 Å². The standard InChI is InChI=1S/C10H21O3P/c1-4-12-14(11,13-5-2)10-8-6-7-9(10)3/h9-10H,4-8H2,1-3H3/t9-,10-/m1/s1. The van der Waals surface area contributed by atoms with Crippen molar-refractivity contribution in [3.63, 3.8) is 0 Å². The van der Waals surface area contributed by atoms with E-state index in [9.17, 15) is 4.57 Å². The zero-order valence-corrected chi connectivity index (χ0v) is 10.3. The van der Waals surface area contributed by atoms with Gasteiger partial charge >= 0.3 is 7.60 Å². The van der Waals surface area contributed by atoms with Crippen molar-refractivity contribution in [1.29, 1.82) is 0 Å². The van der Waals surface area contributed by atoms with Crippen LogP contribution in [0.4, 0.5) is 0 Å². The Morgan fingerprint density at radius 1 is 1.21 bits per heavy atom. The van der Waals surface area contributed by atoms with Crippen molar-refractivity contribution in [1.82, 2.24) is 0 Å². The Morgan fingerprint density at radius 2 is 1.79 bits per heavy atom. The average Bonchev–Trinajstić information content (AvgIpc) is 2.52. The van der Waals surface area contributed by atoms with Crippen molar-refractivity contribution in [3.8, 4) is 0 Å².